The molecule has 0 aliphatic rings. The highest BCUT2D eigenvalue weighted by atomic mass is 35.5. The number of rotatable bonds is 5. The fourth-order valence-electron chi connectivity index (χ4n) is 2.15. The van der Waals surface area contributed by atoms with Crippen LogP contribution in [-0.4, -0.2) is 21.7 Å². The molecule has 2 atom stereocenters. The fraction of sp³-hybridized carbons (Fsp3) is 0.375. The Balaban J connectivity index is 0.00000312. The molecule has 1 aromatic heterocycles. The Hall–Kier alpha value is -2.06. The maximum absolute atomic E-state index is 12.9. The summed E-state index contributed by atoms with van der Waals surface area (Å²) < 4.78 is 39.5. The molecule has 25 heavy (non-hydrogen) atoms. The molecule has 0 aliphatic heterocycles. The van der Waals surface area contributed by atoms with Gasteiger partial charge >= 0.3 is 6.18 Å². The molecule has 0 bridgehead atoms. The van der Waals surface area contributed by atoms with Crippen molar-refractivity contribution in [3.8, 4) is 5.69 Å². The van der Waals surface area contributed by atoms with E-state index in [0.717, 1.165) is 23.4 Å². The Labute approximate surface area is 149 Å². The largest absolute Gasteiger partial charge is 0.433 e. The molecule has 2 unspecified atom stereocenters. The number of carbonyl (C=O) groups excluding carboxylic acids is 1. The van der Waals surface area contributed by atoms with Gasteiger partial charge < -0.3 is 11.1 Å². The summed E-state index contributed by atoms with van der Waals surface area (Å²) in [5, 5.41) is 6.35. The van der Waals surface area contributed by atoms with Crippen molar-refractivity contribution in [1.29, 1.82) is 0 Å². The van der Waals surface area contributed by atoms with E-state index in [0.29, 0.717) is 5.69 Å². The quantitative estimate of drug-likeness (QED) is 0.837. The number of anilines is 1. The van der Waals surface area contributed by atoms with Crippen LogP contribution in [-0.2, 0) is 11.0 Å². The molecule has 2 aromatic rings. The lowest BCUT2D eigenvalue weighted by atomic mass is 9.99. The molecule has 0 spiro atoms. The van der Waals surface area contributed by atoms with Crippen LogP contribution < -0.4 is 11.1 Å². The zero-order valence-electron chi connectivity index (χ0n) is 13.7. The highest BCUT2D eigenvalue weighted by Crippen LogP contribution is 2.30. The zero-order valence-corrected chi connectivity index (χ0v) is 14.6. The number of nitrogens with one attached hydrogen (secondary N) is 1. The second-order valence-electron chi connectivity index (χ2n) is 5.57. The second-order valence-corrected chi connectivity index (χ2v) is 5.57. The molecular formula is C16H20ClF3N4O. The van der Waals surface area contributed by atoms with E-state index in [1.807, 2.05) is 13.8 Å². The van der Waals surface area contributed by atoms with Crippen molar-refractivity contribution < 1.29 is 18.0 Å². The van der Waals surface area contributed by atoms with Crippen molar-refractivity contribution in [3.05, 3.63) is 42.2 Å². The Morgan fingerprint density at radius 3 is 2.40 bits per heavy atom. The van der Waals surface area contributed by atoms with E-state index in [2.05, 4.69) is 10.4 Å². The number of halogens is 4. The van der Waals surface area contributed by atoms with Gasteiger partial charge in [-0.3, -0.25) is 4.79 Å². The van der Waals surface area contributed by atoms with Gasteiger partial charge in [-0.2, -0.15) is 18.3 Å². The van der Waals surface area contributed by atoms with E-state index in [4.69, 9.17) is 5.73 Å². The lowest BCUT2D eigenvalue weighted by Gasteiger charge is -2.18. The van der Waals surface area contributed by atoms with Gasteiger partial charge in [0, 0.05) is 5.69 Å². The van der Waals surface area contributed by atoms with E-state index in [1.54, 1.807) is 0 Å². The monoisotopic (exact) mass is 376 g/mol. The summed E-state index contributed by atoms with van der Waals surface area (Å²) in [5.74, 6) is -0.296. The lowest BCUT2D eigenvalue weighted by Crippen LogP contribution is -2.40. The predicted octanol–water partition coefficient (Wildman–Crippen LogP) is 3.62. The first-order valence-electron chi connectivity index (χ1n) is 7.52. The third-order valence-electron chi connectivity index (χ3n) is 3.87. The smallest absolute Gasteiger partial charge is 0.325 e. The molecule has 1 aromatic carbocycles. The van der Waals surface area contributed by atoms with Gasteiger partial charge in [0.1, 0.15) is 5.69 Å². The standard InChI is InChI=1S/C16H19F3N4O.ClH/c1-3-10(2)14(20)15(24)22-11-4-6-12(7-5-11)23-13(8-9-21-23)16(17,18)19;/h4-10,14H,3,20H2,1-2H3,(H,22,24);1H. The van der Waals surface area contributed by atoms with Crippen LogP contribution in [0, 0.1) is 5.92 Å². The van der Waals surface area contributed by atoms with E-state index < -0.39 is 17.9 Å². The van der Waals surface area contributed by atoms with Crippen molar-refractivity contribution in [2.45, 2.75) is 32.5 Å². The molecule has 5 nitrogen and oxygen atoms in total. The number of benzene rings is 1. The highest BCUT2D eigenvalue weighted by molar-refractivity contribution is 5.94. The molecular weight excluding hydrogens is 357 g/mol. The lowest BCUT2D eigenvalue weighted by molar-refractivity contribution is -0.142. The molecule has 3 N–H and O–H groups in total. The summed E-state index contributed by atoms with van der Waals surface area (Å²) >= 11 is 0. The zero-order chi connectivity index (χ0) is 17.9. The summed E-state index contributed by atoms with van der Waals surface area (Å²) in [6, 6.07) is 6.19. The van der Waals surface area contributed by atoms with Crippen LogP contribution in [0.15, 0.2) is 36.5 Å². The first-order valence-corrected chi connectivity index (χ1v) is 7.52. The highest BCUT2D eigenvalue weighted by Gasteiger charge is 2.35. The third kappa shape index (κ3) is 4.96. The summed E-state index contributed by atoms with van der Waals surface area (Å²) in [6.45, 7) is 3.82. The van der Waals surface area contributed by atoms with Crippen molar-refractivity contribution in [2.24, 2.45) is 11.7 Å². The molecule has 0 saturated carbocycles. The molecule has 2 rings (SSSR count). The van der Waals surface area contributed by atoms with Gasteiger partial charge in [0.2, 0.25) is 5.91 Å². The van der Waals surface area contributed by atoms with Crippen LogP contribution in [0.4, 0.5) is 18.9 Å². The van der Waals surface area contributed by atoms with Gasteiger partial charge in [-0.1, -0.05) is 20.3 Å². The minimum Gasteiger partial charge on any atom is -0.325 e. The minimum absolute atomic E-state index is 0. The van der Waals surface area contributed by atoms with Crippen LogP contribution >= 0.6 is 12.4 Å². The normalized spacial score (nSPS) is 13.7. The van der Waals surface area contributed by atoms with Crippen molar-refractivity contribution in [1.82, 2.24) is 9.78 Å². The fourth-order valence-corrected chi connectivity index (χ4v) is 2.15. The average Bonchev–Trinajstić information content (AvgIpc) is 3.04. The van der Waals surface area contributed by atoms with Crippen LogP contribution in [0.3, 0.4) is 0 Å². The molecule has 0 saturated heterocycles. The van der Waals surface area contributed by atoms with Gasteiger partial charge in [-0.15, -0.1) is 12.4 Å². The van der Waals surface area contributed by atoms with E-state index in [9.17, 15) is 18.0 Å². The Morgan fingerprint density at radius 1 is 1.28 bits per heavy atom. The number of alkyl halides is 3. The second kappa shape index (κ2) is 8.35. The number of amides is 1. The van der Waals surface area contributed by atoms with Gasteiger partial charge in [0.25, 0.3) is 0 Å². The minimum atomic E-state index is -4.49. The summed E-state index contributed by atoms with van der Waals surface area (Å²) in [5.41, 5.74) is 5.69. The van der Waals surface area contributed by atoms with Crippen LogP contribution in [0.1, 0.15) is 26.0 Å². The van der Waals surface area contributed by atoms with E-state index in [1.165, 1.54) is 24.3 Å². The summed E-state index contributed by atoms with van der Waals surface area (Å²) in [7, 11) is 0. The Kier molecular flexibility index (Phi) is 7.01. The Morgan fingerprint density at radius 2 is 1.88 bits per heavy atom. The number of carbonyl (C=O) groups is 1. The van der Waals surface area contributed by atoms with Gasteiger partial charge in [-0.05, 0) is 36.2 Å². The number of hydrogen-bond donors (Lipinski definition) is 2. The maximum atomic E-state index is 12.9. The molecule has 0 fully saturated rings. The van der Waals surface area contributed by atoms with Crippen molar-refractivity contribution in [2.75, 3.05) is 5.32 Å². The molecule has 1 heterocycles. The molecule has 0 aliphatic carbocycles. The Bertz CT molecular complexity index is 700. The van der Waals surface area contributed by atoms with Crippen molar-refractivity contribution in [3.63, 3.8) is 0 Å². The number of nitrogens with two attached hydrogens (primary N) is 1. The van der Waals surface area contributed by atoms with E-state index in [-0.39, 0.29) is 29.9 Å². The predicted molar refractivity (Wildman–Crippen MR) is 91.9 cm³/mol. The molecule has 0 radical (unpaired) electrons. The summed E-state index contributed by atoms with van der Waals surface area (Å²) in [4.78, 5) is 12.0. The topological polar surface area (TPSA) is 72.9 Å². The number of aromatic nitrogens is 2. The third-order valence-corrected chi connectivity index (χ3v) is 3.87. The first-order chi connectivity index (χ1) is 11.2. The average molecular weight is 377 g/mol. The van der Waals surface area contributed by atoms with Gasteiger partial charge in [0.05, 0.1) is 17.9 Å². The molecule has 1 amide bonds. The first kappa shape index (κ1) is 21.0. The van der Waals surface area contributed by atoms with Crippen LogP contribution in [0.2, 0.25) is 0 Å². The maximum Gasteiger partial charge on any atom is 0.433 e. The number of hydrogen-bond acceptors (Lipinski definition) is 3. The number of nitrogens with zero attached hydrogens (tertiary/aromatic N) is 2. The summed E-state index contributed by atoms with van der Waals surface area (Å²) in [6.07, 6.45) is -2.64. The van der Waals surface area contributed by atoms with Gasteiger partial charge in [0.15, 0.2) is 0 Å². The molecule has 138 valence electrons. The van der Waals surface area contributed by atoms with E-state index >= 15 is 0 Å². The van der Waals surface area contributed by atoms with Crippen LogP contribution in [0.5, 0.6) is 0 Å². The molecule has 9 heteroatoms. The SMILES string of the molecule is CCC(C)C(N)C(=O)Nc1ccc(-n2nccc2C(F)(F)F)cc1.Cl. The van der Waals surface area contributed by atoms with Crippen molar-refractivity contribution >= 4 is 24.0 Å². The van der Waals surface area contributed by atoms with Crippen LogP contribution in [0.25, 0.3) is 5.69 Å². The van der Waals surface area contributed by atoms with Gasteiger partial charge in [-0.25, -0.2) is 4.68 Å².